The van der Waals surface area contributed by atoms with E-state index in [1.807, 2.05) is 72.8 Å². The van der Waals surface area contributed by atoms with Crippen LogP contribution < -0.4 is 19.5 Å². The lowest BCUT2D eigenvalue weighted by molar-refractivity contribution is 0.325. The molecule has 0 fully saturated rings. The zero-order valence-electron chi connectivity index (χ0n) is 17.8. The van der Waals surface area contributed by atoms with Crippen LogP contribution in [0.15, 0.2) is 78.9 Å². The summed E-state index contributed by atoms with van der Waals surface area (Å²) >= 11 is 0. The Morgan fingerprint density at radius 1 is 0.806 bits per heavy atom. The van der Waals surface area contributed by atoms with Gasteiger partial charge in [-0.25, -0.2) is 4.98 Å². The second kappa shape index (κ2) is 9.85. The van der Waals surface area contributed by atoms with Gasteiger partial charge in [-0.1, -0.05) is 36.4 Å². The zero-order valence-corrected chi connectivity index (χ0v) is 17.8. The van der Waals surface area contributed by atoms with Crippen LogP contribution in [0.2, 0.25) is 0 Å². The number of methoxy groups -OCH3 is 2. The summed E-state index contributed by atoms with van der Waals surface area (Å²) in [6.07, 6.45) is 0.805. The summed E-state index contributed by atoms with van der Waals surface area (Å²) in [6, 6.07) is 26.0. The monoisotopic (exact) mass is 414 g/mol. The Morgan fingerprint density at radius 2 is 1.65 bits per heavy atom. The number of pyridine rings is 1. The second-order valence-corrected chi connectivity index (χ2v) is 7.13. The van der Waals surface area contributed by atoms with Crippen LogP contribution in [0.3, 0.4) is 0 Å². The summed E-state index contributed by atoms with van der Waals surface area (Å²) in [7, 11) is 3.36. The highest BCUT2D eigenvalue weighted by molar-refractivity contribution is 5.86. The minimum Gasteiger partial charge on any atom is -0.497 e. The molecule has 31 heavy (non-hydrogen) atoms. The maximum absolute atomic E-state index is 6.08. The number of benzene rings is 3. The van der Waals surface area contributed by atoms with E-state index in [4.69, 9.17) is 19.2 Å². The molecule has 158 valence electrons. The third kappa shape index (κ3) is 5.07. The van der Waals surface area contributed by atoms with Crippen LogP contribution in [0.4, 0.5) is 5.82 Å². The van der Waals surface area contributed by atoms with Gasteiger partial charge >= 0.3 is 0 Å². The van der Waals surface area contributed by atoms with E-state index in [2.05, 4.69) is 11.4 Å². The molecule has 0 spiro atoms. The standard InChI is InChI=1S/C26H26N2O3/c1-29-21-9-5-7-19(17-21)15-16-31-25-12-6-10-23-22(25)13-14-26(28-23)27-18-20-8-3-4-11-24(20)30-2/h3-14,17H,15-16,18H2,1-2H3,(H,27,28). The molecule has 0 radical (unpaired) electrons. The van der Waals surface area contributed by atoms with Gasteiger partial charge in [0.25, 0.3) is 0 Å². The van der Waals surface area contributed by atoms with E-state index < -0.39 is 0 Å². The summed E-state index contributed by atoms with van der Waals surface area (Å²) in [5.41, 5.74) is 3.16. The first kappa shape index (κ1) is 20.5. The number of rotatable bonds is 9. The van der Waals surface area contributed by atoms with Crippen molar-refractivity contribution in [3.63, 3.8) is 0 Å². The molecule has 1 N–H and O–H groups in total. The Kier molecular flexibility index (Phi) is 6.53. The molecule has 0 bridgehead atoms. The van der Waals surface area contributed by atoms with Crippen molar-refractivity contribution in [1.29, 1.82) is 0 Å². The molecule has 0 amide bonds. The smallest absolute Gasteiger partial charge is 0.128 e. The van der Waals surface area contributed by atoms with E-state index in [1.165, 1.54) is 5.56 Å². The second-order valence-electron chi connectivity index (χ2n) is 7.13. The first-order chi connectivity index (χ1) is 15.3. The van der Waals surface area contributed by atoms with Crippen molar-refractivity contribution in [1.82, 2.24) is 4.98 Å². The van der Waals surface area contributed by atoms with E-state index in [1.54, 1.807) is 14.2 Å². The van der Waals surface area contributed by atoms with Gasteiger partial charge in [0.15, 0.2) is 0 Å². The van der Waals surface area contributed by atoms with Gasteiger partial charge in [0.2, 0.25) is 0 Å². The molecule has 0 atom stereocenters. The molecule has 5 heteroatoms. The van der Waals surface area contributed by atoms with Gasteiger partial charge in [-0.2, -0.15) is 0 Å². The Morgan fingerprint density at radius 3 is 2.52 bits per heavy atom. The van der Waals surface area contributed by atoms with Gasteiger partial charge < -0.3 is 19.5 Å². The largest absolute Gasteiger partial charge is 0.497 e. The van der Waals surface area contributed by atoms with E-state index in [9.17, 15) is 0 Å². The summed E-state index contributed by atoms with van der Waals surface area (Å²) in [4.78, 5) is 4.75. The lowest BCUT2D eigenvalue weighted by atomic mass is 10.1. The molecular formula is C26H26N2O3. The molecule has 3 aromatic carbocycles. The molecule has 5 nitrogen and oxygen atoms in total. The molecule has 1 aromatic heterocycles. The maximum Gasteiger partial charge on any atom is 0.128 e. The normalized spacial score (nSPS) is 10.6. The van der Waals surface area contributed by atoms with Crippen LogP contribution in [0.5, 0.6) is 17.2 Å². The average Bonchev–Trinajstić information content (AvgIpc) is 2.83. The summed E-state index contributed by atoms with van der Waals surface area (Å²) in [6.45, 7) is 1.22. The predicted molar refractivity (Wildman–Crippen MR) is 124 cm³/mol. The van der Waals surface area contributed by atoms with Gasteiger partial charge in [0.05, 0.1) is 26.3 Å². The fourth-order valence-corrected chi connectivity index (χ4v) is 3.49. The Hall–Kier alpha value is -3.73. The molecule has 4 aromatic rings. The molecule has 4 rings (SSSR count). The molecule has 0 saturated carbocycles. The number of hydrogen-bond acceptors (Lipinski definition) is 5. The number of hydrogen-bond donors (Lipinski definition) is 1. The van der Waals surface area contributed by atoms with Crippen LogP contribution >= 0.6 is 0 Å². The third-order valence-electron chi connectivity index (χ3n) is 5.13. The fourth-order valence-electron chi connectivity index (χ4n) is 3.49. The Balaban J connectivity index is 1.42. The average molecular weight is 415 g/mol. The maximum atomic E-state index is 6.08. The number of para-hydroxylation sites is 1. The Bertz CT molecular complexity index is 1160. The Labute approximate surface area is 182 Å². The van der Waals surface area contributed by atoms with E-state index in [0.717, 1.165) is 46.0 Å². The molecule has 0 aliphatic carbocycles. The van der Waals surface area contributed by atoms with E-state index in [0.29, 0.717) is 13.2 Å². The highest BCUT2D eigenvalue weighted by atomic mass is 16.5. The van der Waals surface area contributed by atoms with Gasteiger partial charge in [-0.3, -0.25) is 0 Å². The van der Waals surface area contributed by atoms with Gasteiger partial charge in [0.1, 0.15) is 23.1 Å². The topological polar surface area (TPSA) is 52.6 Å². The molecule has 0 unspecified atom stereocenters. The van der Waals surface area contributed by atoms with Crippen LogP contribution in [-0.2, 0) is 13.0 Å². The molecule has 0 saturated heterocycles. The van der Waals surface area contributed by atoms with Gasteiger partial charge in [0, 0.05) is 23.9 Å². The van der Waals surface area contributed by atoms with E-state index in [-0.39, 0.29) is 0 Å². The molecule has 1 heterocycles. The third-order valence-corrected chi connectivity index (χ3v) is 5.13. The first-order valence-electron chi connectivity index (χ1n) is 10.3. The van der Waals surface area contributed by atoms with Gasteiger partial charge in [-0.05, 0) is 48.0 Å². The lowest BCUT2D eigenvalue weighted by Gasteiger charge is -2.12. The molecular weight excluding hydrogens is 388 g/mol. The van der Waals surface area contributed by atoms with Crippen LogP contribution in [0.25, 0.3) is 10.9 Å². The van der Waals surface area contributed by atoms with Crippen LogP contribution in [0.1, 0.15) is 11.1 Å². The highest BCUT2D eigenvalue weighted by Crippen LogP contribution is 2.26. The number of aromatic nitrogens is 1. The number of ether oxygens (including phenoxy) is 3. The number of anilines is 1. The minimum atomic E-state index is 0.583. The van der Waals surface area contributed by atoms with Gasteiger partial charge in [-0.15, -0.1) is 0 Å². The van der Waals surface area contributed by atoms with Crippen molar-refractivity contribution in [3.8, 4) is 17.2 Å². The van der Waals surface area contributed by atoms with E-state index >= 15 is 0 Å². The fraction of sp³-hybridized carbons (Fsp3) is 0.192. The van der Waals surface area contributed by atoms with Crippen molar-refractivity contribution in [2.24, 2.45) is 0 Å². The summed E-state index contributed by atoms with van der Waals surface area (Å²) in [5.74, 6) is 3.37. The quantitative estimate of drug-likeness (QED) is 0.393. The zero-order chi connectivity index (χ0) is 21.5. The number of fused-ring (bicyclic) bond motifs is 1. The molecule has 0 aliphatic rings. The predicted octanol–water partition coefficient (Wildman–Crippen LogP) is 5.49. The van der Waals surface area contributed by atoms with Crippen molar-refractivity contribution >= 4 is 16.7 Å². The lowest BCUT2D eigenvalue weighted by Crippen LogP contribution is -2.04. The van der Waals surface area contributed by atoms with Crippen molar-refractivity contribution < 1.29 is 14.2 Å². The highest BCUT2D eigenvalue weighted by Gasteiger charge is 2.07. The minimum absolute atomic E-state index is 0.583. The van der Waals surface area contributed by atoms with Crippen LogP contribution in [-0.4, -0.2) is 25.8 Å². The number of nitrogens with zero attached hydrogens (tertiary/aromatic N) is 1. The van der Waals surface area contributed by atoms with Crippen molar-refractivity contribution in [3.05, 3.63) is 90.0 Å². The van der Waals surface area contributed by atoms with Crippen LogP contribution in [0, 0.1) is 0 Å². The first-order valence-corrected chi connectivity index (χ1v) is 10.3. The SMILES string of the molecule is COc1cccc(CCOc2cccc3nc(NCc4ccccc4OC)ccc23)c1. The molecule has 0 aliphatic heterocycles. The summed E-state index contributed by atoms with van der Waals surface area (Å²) < 4.78 is 16.8. The van der Waals surface area contributed by atoms with Crippen molar-refractivity contribution in [2.75, 3.05) is 26.1 Å². The summed E-state index contributed by atoms with van der Waals surface area (Å²) in [5, 5.41) is 4.38. The van der Waals surface area contributed by atoms with Crippen molar-refractivity contribution in [2.45, 2.75) is 13.0 Å². The number of nitrogens with one attached hydrogen (secondary N) is 1.